The van der Waals surface area contributed by atoms with Crippen molar-refractivity contribution in [3.63, 3.8) is 0 Å². The molecule has 0 unspecified atom stereocenters. The normalized spacial score (nSPS) is 11.7. The fourth-order valence-electron chi connectivity index (χ4n) is 1.76. The van der Waals surface area contributed by atoms with Gasteiger partial charge in [0.2, 0.25) is 0 Å². The molecule has 1 N–H and O–H groups in total. The first-order chi connectivity index (χ1) is 9.60. The highest BCUT2D eigenvalue weighted by molar-refractivity contribution is 5.34. The number of nitrogens with zero attached hydrogens (tertiary/aromatic N) is 1. The molecule has 0 aliphatic heterocycles. The van der Waals surface area contributed by atoms with Crippen LogP contribution in [0.1, 0.15) is 29.7 Å². The van der Waals surface area contributed by atoms with E-state index in [2.05, 4.69) is 0 Å². The monoisotopic (exact) mass is 271 g/mol. The molecule has 0 bridgehead atoms. The molecule has 0 radical (unpaired) electrons. The summed E-state index contributed by atoms with van der Waals surface area (Å²) in [6, 6.07) is 13.1. The first kappa shape index (κ1) is 14.0. The van der Waals surface area contributed by atoms with Crippen molar-refractivity contribution in [3.05, 3.63) is 65.0 Å². The number of rotatable bonds is 4. The van der Waals surface area contributed by atoms with Gasteiger partial charge in [0, 0.05) is 5.56 Å². The van der Waals surface area contributed by atoms with Gasteiger partial charge >= 0.3 is 0 Å². The molecule has 1 atom stereocenters. The summed E-state index contributed by atoms with van der Waals surface area (Å²) in [5, 5.41) is 18.2. The van der Waals surface area contributed by atoms with Gasteiger partial charge in [-0.05, 0) is 42.8 Å². The minimum atomic E-state index is -0.534. The van der Waals surface area contributed by atoms with Gasteiger partial charge in [0.05, 0.1) is 17.7 Å². The van der Waals surface area contributed by atoms with Crippen molar-refractivity contribution in [3.8, 4) is 11.8 Å². The third-order valence-corrected chi connectivity index (χ3v) is 2.93. The van der Waals surface area contributed by atoms with Gasteiger partial charge in [0.1, 0.15) is 18.2 Å². The van der Waals surface area contributed by atoms with Crippen LogP contribution in [0.3, 0.4) is 0 Å². The Bertz CT molecular complexity index is 630. The summed E-state index contributed by atoms with van der Waals surface area (Å²) in [7, 11) is 0. The van der Waals surface area contributed by atoms with Gasteiger partial charge in [-0.25, -0.2) is 4.39 Å². The zero-order chi connectivity index (χ0) is 14.5. The van der Waals surface area contributed by atoms with Crippen molar-refractivity contribution >= 4 is 0 Å². The molecule has 3 nitrogen and oxygen atoms in total. The highest BCUT2D eigenvalue weighted by Gasteiger charge is 2.05. The van der Waals surface area contributed by atoms with Crippen LogP contribution < -0.4 is 4.74 Å². The van der Waals surface area contributed by atoms with E-state index in [1.807, 2.05) is 6.07 Å². The van der Waals surface area contributed by atoms with Crippen molar-refractivity contribution in [1.82, 2.24) is 0 Å². The lowest BCUT2D eigenvalue weighted by molar-refractivity contribution is 0.199. The predicted molar refractivity (Wildman–Crippen MR) is 72.5 cm³/mol. The number of hydrogen-bond acceptors (Lipinski definition) is 3. The van der Waals surface area contributed by atoms with Crippen LogP contribution in [0.4, 0.5) is 4.39 Å². The van der Waals surface area contributed by atoms with Gasteiger partial charge in [-0.1, -0.05) is 12.1 Å². The minimum absolute atomic E-state index is 0.0510. The Balaban J connectivity index is 2.07. The quantitative estimate of drug-likeness (QED) is 0.928. The summed E-state index contributed by atoms with van der Waals surface area (Å²) in [5.41, 5.74) is 1.52. The Hall–Kier alpha value is -2.38. The summed E-state index contributed by atoms with van der Waals surface area (Å²) in [6.45, 7) is 1.73. The predicted octanol–water partition coefficient (Wildman–Crippen LogP) is 3.33. The molecule has 2 rings (SSSR count). The highest BCUT2D eigenvalue weighted by atomic mass is 19.1. The van der Waals surface area contributed by atoms with E-state index in [0.29, 0.717) is 16.9 Å². The number of ether oxygens (including phenoxy) is 1. The average Bonchev–Trinajstić information content (AvgIpc) is 2.47. The number of aliphatic hydroxyl groups excluding tert-OH is 1. The van der Waals surface area contributed by atoms with Crippen molar-refractivity contribution in [1.29, 1.82) is 5.26 Å². The topological polar surface area (TPSA) is 53.2 Å². The molecule has 0 saturated heterocycles. The van der Waals surface area contributed by atoms with Crippen LogP contribution in [-0.2, 0) is 6.61 Å². The second-order valence-electron chi connectivity index (χ2n) is 4.45. The fraction of sp³-hybridized carbons (Fsp3) is 0.188. The molecule has 2 aromatic rings. The van der Waals surface area contributed by atoms with Gasteiger partial charge in [-0.2, -0.15) is 5.26 Å². The van der Waals surface area contributed by atoms with E-state index in [1.165, 1.54) is 18.2 Å². The maximum absolute atomic E-state index is 13.6. The second kappa shape index (κ2) is 6.18. The molecule has 0 aliphatic carbocycles. The number of hydrogen-bond donors (Lipinski definition) is 1. The third-order valence-electron chi connectivity index (χ3n) is 2.93. The summed E-state index contributed by atoms with van der Waals surface area (Å²) in [6.07, 6.45) is -0.534. The van der Waals surface area contributed by atoms with E-state index in [0.717, 1.165) is 5.56 Å². The Morgan fingerprint density at radius 3 is 2.55 bits per heavy atom. The van der Waals surface area contributed by atoms with E-state index in [9.17, 15) is 9.50 Å². The fourth-order valence-corrected chi connectivity index (χ4v) is 1.76. The molecule has 2 aromatic carbocycles. The number of nitriles is 1. The lowest BCUT2D eigenvalue weighted by Crippen LogP contribution is -1.99. The molecule has 4 heteroatoms. The Labute approximate surface area is 116 Å². The van der Waals surface area contributed by atoms with Crippen LogP contribution in [0.5, 0.6) is 5.75 Å². The molecular formula is C16H14FNO2. The zero-order valence-corrected chi connectivity index (χ0v) is 11.0. The van der Waals surface area contributed by atoms with E-state index >= 15 is 0 Å². The van der Waals surface area contributed by atoms with Crippen LogP contribution >= 0.6 is 0 Å². The van der Waals surface area contributed by atoms with Crippen molar-refractivity contribution in [2.45, 2.75) is 19.6 Å². The second-order valence-corrected chi connectivity index (χ2v) is 4.45. The molecule has 0 saturated carbocycles. The molecular weight excluding hydrogens is 257 g/mol. The Kier molecular flexibility index (Phi) is 4.34. The Morgan fingerprint density at radius 2 is 1.95 bits per heavy atom. The van der Waals surface area contributed by atoms with Gasteiger partial charge in [0.15, 0.2) is 0 Å². The summed E-state index contributed by atoms with van der Waals surface area (Å²) in [4.78, 5) is 0. The lowest BCUT2D eigenvalue weighted by atomic mass is 10.1. The molecule has 102 valence electrons. The summed E-state index contributed by atoms with van der Waals surface area (Å²) in [5.74, 6) is 0.181. The van der Waals surface area contributed by atoms with Crippen LogP contribution in [0.25, 0.3) is 0 Å². The van der Waals surface area contributed by atoms with Crippen LogP contribution in [0.15, 0.2) is 42.5 Å². The van der Waals surface area contributed by atoms with Crippen LogP contribution in [0.2, 0.25) is 0 Å². The Morgan fingerprint density at radius 1 is 1.25 bits per heavy atom. The largest absolute Gasteiger partial charge is 0.489 e. The van der Waals surface area contributed by atoms with Gasteiger partial charge in [0.25, 0.3) is 0 Å². The number of halogens is 1. The highest BCUT2D eigenvalue weighted by Crippen LogP contribution is 2.19. The average molecular weight is 271 g/mol. The minimum Gasteiger partial charge on any atom is -0.489 e. The number of aliphatic hydroxyl groups is 1. The maximum Gasteiger partial charge on any atom is 0.129 e. The van der Waals surface area contributed by atoms with Crippen molar-refractivity contribution in [2.24, 2.45) is 0 Å². The van der Waals surface area contributed by atoms with Crippen molar-refractivity contribution < 1.29 is 14.2 Å². The zero-order valence-electron chi connectivity index (χ0n) is 11.0. The van der Waals surface area contributed by atoms with E-state index in [1.54, 1.807) is 31.2 Å². The van der Waals surface area contributed by atoms with Crippen molar-refractivity contribution in [2.75, 3.05) is 0 Å². The molecule has 0 heterocycles. The van der Waals surface area contributed by atoms with E-state index < -0.39 is 11.9 Å². The molecule has 0 aromatic heterocycles. The summed E-state index contributed by atoms with van der Waals surface area (Å²) < 4.78 is 19.0. The van der Waals surface area contributed by atoms with E-state index in [4.69, 9.17) is 10.00 Å². The summed E-state index contributed by atoms with van der Waals surface area (Å²) >= 11 is 0. The third kappa shape index (κ3) is 3.34. The molecule has 0 spiro atoms. The van der Waals surface area contributed by atoms with Gasteiger partial charge in [-0.15, -0.1) is 0 Å². The van der Waals surface area contributed by atoms with Crippen LogP contribution in [-0.4, -0.2) is 5.11 Å². The first-order valence-electron chi connectivity index (χ1n) is 6.19. The van der Waals surface area contributed by atoms with E-state index in [-0.39, 0.29) is 6.61 Å². The SMILES string of the molecule is C[C@@H](O)c1ccc(OCc2cc(C#N)ccc2F)cc1. The lowest BCUT2D eigenvalue weighted by Gasteiger charge is -2.09. The van der Waals surface area contributed by atoms with Gasteiger partial charge in [-0.3, -0.25) is 0 Å². The first-order valence-corrected chi connectivity index (χ1v) is 6.19. The van der Waals surface area contributed by atoms with Gasteiger partial charge < -0.3 is 9.84 Å². The number of benzene rings is 2. The standard InChI is InChI=1S/C16H14FNO2/c1-11(19)13-3-5-15(6-4-13)20-10-14-8-12(9-18)2-7-16(14)17/h2-8,11,19H,10H2,1H3/t11-/m1/s1. The molecule has 0 amide bonds. The molecule has 0 aliphatic rings. The smallest absolute Gasteiger partial charge is 0.129 e. The maximum atomic E-state index is 13.6. The molecule has 0 fully saturated rings. The molecule has 20 heavy (non-hydrogen) atoms. The van der Waals surface area contributed by atoms with Crippen LogP contribution in [0, 0.1) is 17.1 Å².